The van der Waals surface area contributed by atoms with E-state index in [1.165, 1.54) is 0 Å². The Labute approximate surface area is 134 Å². The molecule has 9 heteroatoms. The predicted octanol–water partition coefficient (Wildman–Crippen LogP) is 2.88. The van der Waals surface area contributed by atoms with Crippen molar-refractivity contribution >= 4 is 16.0 Å². The molecule has 134 valence electrons. The Morgan fingerprint density at radius 1 is 1.22 bits per heavy atom. The molecule has 1 aliphatic rings. The minimum absolute atomic E-state index is 0.148. The van der Waals surface area contributed by atoms with Crippen LogP contribution in [0.2, 0.25) is 0 Å². The van der Waals surface area contributed by atoms with Gasteiger partial charge in [-0.05, 0) is 51.4 Å². The molecule has 0 radical (unpaired) electrons. The van der Waals surface area contributed by atoms with E-state index in [1.807, 2.05) is 0 Å². The fourth-order valence-electron chi connectivity index (χ4n) is 2.44. The van der Waals surface area contributed by atoms with Crippen LogP contribution >= 0.6 is 0 Å². The summed E-state index contributed by atoms with van der Waals surface area (Å²) in [6, 6.07) is 0. The molecule has 0 aromatic carbocycles. The van der Waals surface area contributed by atoms with Gasteiger partial charge in [0.05, 0.1) is 0 Å². The van der Waals surface area contributed by atoms with Crippen LogP contribution in [0.25, 0.3) is 0 Å². The number of carbonyl (C=O) groups is 1. The quantitative estimate of drug-likeness (QED) is 0.607. The molecule has 0 heterocycles. The van der Waals surface area contributed by atoms with Gasteiger partial charge >= 0.3 is 21.5 Å². The third kappa shape index (κ3) is 6.50. The Kier molecular flexibility index (Phi) is 7.06. The van der Waals surface area contributed by atoms with E-state index in [4.69, 9.17) is 4.74 Å². The number of ether oxygens (including phenoxy) is 1. The summed E-state index contributed by atoms with van der Waals surface area (Å²) >= 11 is 0. The fraction of sp³-hybridized carbons (Fsp3) is 0.786. The Hall–Kier alpha value is -1.09. The maximum Gasteiger partial charge on any atom is 0.511 e. The standard InChI is InChI=1S/C14H22F3NO4S/c1-10(2)13(19)22-12-7-3-5-11(6-4-8-12)9-18-23(20,21)14(15,16)17/h11-12,18H,1,3-9H2,2H3. The van der Waals surface area contributed by atoms with Crippen molar-refractivity contribution in [2.24, 2.45) is 5.92 Å². The van der Waals surface area contributed by atoms with E-state index in [0.29, 0.717) is 44.1 Å². The molecule has 0 atom stereocenters. The summed E-state index contributed by atoms with van der Waals surface area (Å²) in [5, 5.41) is 0. The highest BCUT2D eigenvalue weighted by Gasteiger charge is 2.45. The molecule has 1 aliphatic carbocycles. The molecular weight excluding hydrogens is 335 g/mol. The minimum Gasteiger partial charge on any atom is -0.459 e. The summed E-state index contributed by atoms with van der Waals surface area (Å²) < 4.78 is 65.7. The number of hydrogen-bond acceptors (Lipinski definition) is 4. The number of rotatable bonds is 5. The molecular formula is C14H22F3NO4S. The monoisotopic (exact) mass is 357 g/mol. The second kappa shape index (κ2) is 8.14. The van der Waals surface area contributed by atoms with E-state index < -0.39 is 21.5 Å². The number of nitrogens with one attached hydrogen (secondary N) is 1. The van der Waals surface area contributed by atoms with Crippen LogP contribution < -0.4 is 4.72 Å². The Bertz CT molecular complexity index is 521. The molecule has 1 fully saturated rings. The Morgan fingerprint density at radius 3 is 2.17 bits per heavy atom. The molecule has 1 saturated carbocycles. The fourth-order valence-corrected chi connectivity index (χ4v) is 3.06. The van der Waals surface area contributed by atoms with Crippen LogP contribution in [0.15, 0.2) is 12.2 Å². The molecule has 0 unspecified atom stereocenters. The average Bonchev–Trinajstić information content (AvgIpc) is 2.38. The van der Waals surface area contributed by atoms with Gasteiger partial charge in [0.15, 0.2) is 0 Å². The summed E-state index contributed by atoms with van der Waals surface area (Å²) in [5.74, 6) is -0.588. The molecule has 0 aromatic rings. The van der Waals surface area contributed by atoms with E-state index in [1.54, 1.807) is 11.6 Å². The molecule has 5 nitrogen and oxygen atoms in total. The van der Waals surface area contributed by atoms with Gasteiger partial charge in [-0.2, -0.15) is 13.2 Å². The highest BCUT2D eigenvalue weighted by Crippen LogP contribution is 2.26. The van der Waals surface area contributed by atoms with Crippen molar-refractivity contribution in [2.45, 2.75) is 57.1 Å². The van der Waals surface area contributed by atoms with Crippen molar-refractivity contribution in [1.82, 2.24) is 4.72 Å². The first-order chi connectivity index (χ1) is 10.5. The highest BCUT2D eigenvalue weighted by atomic mass is 32.2. The van der Waals surface area contributed by atoms with Crippen molar-refractivity contribution < 1.29 is 31.1 Å². The van der Waals surface area contributed by atoms with Gasteiger partial charge < -0.3 is 4.74 Å². The first-order valence-corrected chi connectivity index (χ1v) is 8.93. The molecule has 0 bridgehead atoms. The van der Waals surface area contributed by atoms with Crippen molar-refractivity contribution in [3.8, 4) is 0 Å². The molecule has 0 aliphatic heterocycles. The minimum atomic E-state index is -5.28. The van der Waals surface area contributed by atoms with Crippen LogP contribution in [0, 0.1) is 5.92 Å². The summed E-state index contributed by atoms with van der Waals surface area (Å²) in [5.41, 5.74) is -4.96. The van der Waals surface area contributed by atoms with Crippen LogP contribution in [0.5, 0.6) is 0 Å². The second-order valence-corrected chi connectivity index (χ2v) is 7.59. The summed E-state index contributed by atoms with van der Waals surface area (Å²) in [6.07, 6.45) is 3.50. The number of hydrogen-bond donors (Lipinski definition) is 1. The predicted molar refractivity (Wildman–Crippen MR) is 78.9 cm³/mol. The summed E-state index contributed by atoms with van der Waals surface area (Å²) in [4.78, 5) is 11.5. The molecule has 1 rings (SSSR count). The highest BCUT2D eigenvalue weighted by molar-refractivity contribution is 7.90. The smallest absolute Gasteiger partial charge is 0.459 e. The first kappa shape index (κ1) is 20.0. The van der Waals surface area contributed by atoms with E-state index in [2.05, 4.69) is 6.58 Å². The lowest BCUT2D eigenvalue weighted by Crippen LogP contribution is -2.39. The topological polar surface area (TPSA) is 72.5 Å². The lowest BCUT2D eigenvalue weighted by Gasteiger charge is -2.25. The Balaban J connectivity index is 2.43. The lowest BCUT2D eigenvalue weighted by molar-refractivity contribution is -0.145. The Morgan fingerprint density at radius 2 is 1.74 bits per heavy atom. The molecule has 0 spiro atoms. The SMILES string of the molecule is C=C(C)C(=O)OC1CCCC(CNS(=O)(=O)C(F)(F)F)CCC1. The van der Waals surface area contributed by atoms with Gasteiger partial charge in [0.25, 0.3) is 0 Å². The number of carbonyl (C=O) groups excluding carboxylic acids is 1. The molecule has 0 saturated heterocycles. The van der Waals surface area contributed by atoms with Gasteiger partial charge in [0.2, 0.25) is 0 Å². The number of alkyl halides is 3. The van der Waals surface area contributed by atoms with Gasteiger partial charge in [-0.25, -0.2) is 17.9 Å². The van der Waals surface area contributed by atoms with E-state index in [-0.39, 0.29) is 18.6 Å². The number of esters is 1. The van der Waals surface area contributed by atoms with Crippen LogP contribution in [0.4, 0.5) is 13.2 Å². The maximum absolute atomic E-state index is 12.3. The van der Waals surface area contributed by atoms with Crippen LogP contribution in [-0.4, -0.2) is 32.5 Å². The van der Waals surface area contributed by atoms with Crippen molar-refractivity contribution in [2.75, 3.05) is 6.54 Å². The van der Waals surface area contributed by atoms with Crippen molar-refractivity contribution in [3.63, 3.8) is 0 Å². The second-order valence-electron chi connectivity index (χ2n) is 5.83. The molecule has 0 amide bonds. The number of sulfonamides is 1. The molecule has 23 heavy (non-hydrogen) atoms. The van der Waals surface area contributed by atoms with Crippen molar-refractivity contribution in [1.29, 1.82) is 0 Å². The third-order valence-electron chi connectivity index (χ3n) is 3.77. The van der Waals surface area contributed by atoms with Crippen molar-refractivity contribution in [3.05, 3.63) is 12.2 Å². The number of halogens is 3. The van der Waals surface area contributed by atoms with Gasteiger partial charge in [-0.15, -0.1) is 0 Å². The first-order valence-electron chi connectivity index (χ1n) is 7.45. The van der Waals surface area contributed by atoms with Crippen LogP contribution in [0.1, 0.15) is 45.4 Å². The zero-order valence-electron chi connectivity index (χ0n) is 13.0. The van der Waals surface area contributed by atoms with E-state index in [9.17, 15) is 26.4 Å². The van der Waals surface area contributed by atoms with E-state index in [0.717, 1.165) is 0 Å². The average molecular weight is 357 g/mol. The van der Waals surface area contributed by atoms with Gasteiger partial charge in [-0.3, -0.25) is 0 Å². The zero-order chi connectivity index (χ0) is 17.7. The molecule has 0 aromatic heterocycles. The zero-order valence-corrected chi connectivity index (χ0v) is 13.8. The summed E-state index contributed by atoms with van der Waals surface area (Å²) in [6.45, 7) is 4.85. The van der Waals surface area contributed by atoms with Crippen LogP contribution in [0.3, 0.4) is 0 Å². The van der Waals surface area contributed by atoms with Gasteiger partial charge in [0, 0.05) is 12.1 Å². The third-order valence-corrected chi connectivity index (χ3v) is 4.92. The lowest BCUT2D eigenvalue weighted by atomic mass is 9.90. The van der Waals surface area contributed by atoms with Gasteiger partial charge in [-0.1, -0.05) is 6.58 Å². The van der Waals surface area contributed by atoms with E-state index >= 15 is 0 Å². The van der Waals surface area contributed by atoms with Crippen LogP contribution in [-0.2, 0) is 19.6 Å². The largest absolute Gasteiger partial charge is 0.511 e. The normalized spacial score (nSPS) is 23.7. The van der Waals surface area contributed by atoms with Gasteiger partial charge in [0.1, 0.15) is 6.10 Å². The molecule has 1 N–H and O–H groups in total. The summed E-state index contributed by atoms with van der Waals surface area (Å²) in [7, 11) is -5.28. The maximum atomic E-state index is 12.3.